The van der Waals surface area contributed by atoms with Gasteiger partial charge in [-0.3, -0.25) is 4.98 Å². The van der Waals surface area contributed by atoms with Crippen LogP contribution in [0.2, 0.25) is 0 Å². The molecule has 0 fully saturated rings. The summed E-state index contributed by atoms with van der Waals surface area (Å²) in [5.41, 5.74) is 4.67. The van der Waals surface area contributed by atoms with Gasteiger partial charge in [-0.15, -0.1) is 0 Å². The molecule has 0 spiro atoms. The fraction of sp³-hybridized carbons (Fsp3) is 0.267. The normalized spacial score (nSPS) is 10.2. The second-order valence-electron chi connectivity index (χ2n) is 4.40. The first kappa shape index (κ1) is 12.4. The van der Waals surface area contributed by atoms with E-state index in [9.17, 15) is 0 Å². The van der Waals surface area contributed by atoms with Gasteiger partial charge in [0.05, 0.1) is 7.11 Å². The van der Waals surface area contributed by atoms with Gasteiger partial charge in [-0.25, -0.2) is 0 Å². The summed E-state index contributed by atoms with van der Waals surface area (Å²) in [5, 5.41) is 3.41. The van der Waals surface area contributed by atoms with Gasteiger partial charge in [-0.2, -0.15) is 0 Å². The number of aryl methyl sites for hydroxylation is 2. The molecule has 0 saturated heterocycles. The Labute approximate surface area is 108 Å². The van der Waals surface area contributed by atoms with E-state index in [1.165, 1.54) is 16.7 Å². The number of ether oxygens (including phenoxy) is 1. The molecule has 3 nitrogen and oxygen atoms in total. The smallest absolute Gasteiger partial charge is 0.119 e. The number of anilines is 1. The minimum atomic E-state index is 0.780. The van der Waals surface area contributed by atoms with Crippen LogP contribution >= 0.6 is 0 Å². The molecule has 1 aromatic carbocycles. The third-order valence-corrected chi connectivity index (χ3v) is 2.85. The number of rotatable bonds is 4. The summed E-state index contributed by atoms with van der Waals surface area (Å²) in [6, 6.07) is 8.16. The van der Waals surface area contributed by atoms with E-state index in [2.05, 4.69) is 30.2 Å². The van der Waals surface area contributed by atoms with Gasteiger partial charge in [-0.1, -0.05) is 6.07 Å². The lowest BCUT2D eigenvalue weighted by molar-refractivity contribution is 0.414. The van der Waals surface area contributed by atoms with Crippen LogP contribution in [-0.2, 0) is 6.54 Å². The number of benzene rings is 1. The Bertz CT molecular complexity index is 538. The summed E-state index contributed by atoms with van der Waals surface area (Å²) >= 11 is 0. The quantitative estimate of drug-likeness (QED) is 0.893. The maximum absolute atomic E-state index is 5.19. The van der Waals surface area contributed by atoms with E-state index in [0.717, 1.165) is 18.0 Å². The summed E-state index contributed by atoms with van der Waals surface area (Å²) in [6.07, 6.45) is 3.75. The van der Waals surface area contributed by atoms with Crippen LogP contribution in [-0.4, -0.2) is 12.1 Å². The van der Waals surface area contributed by atoms with E-state index in [1.807, 2.05) is 30.6 Å². The fourth-order valence-corrected chi connectivity index (χ4v) is 1.87. The van der Waals surface area contributed by atoms with Crippen LogP contribution in [0.3, 0.4) is 0 Å². The first-order chi connectivity index (χ1) is 8.69. The van der Waals surface area contributed by atoms with Gasteiger partial charge in [0.1, 0.15) is 5.75 Å². The molecule has 3 heteroatoms. The minimum absolute atomic E-state index is 0.780. The van der Waals surface area contributed by atoms with Crippen LogP contribution in [0.1, 0.15) is 16.7 Å². The van der Waals surface area contributed by atoms with E-state index in [1.54, 1.807) is 7.11 Å². The van der Waals surface area contributed by atoms with Crippen molar-refractivity contribution in [2.75, 3.05) is 12.4 Å². The molecule has 18 heavy (non-hydrogen) atoms. The molecule has 1 heterocycles. The van der Waals surface area contributed by atoms with E-state index in [0.29, 0.717) is 0 Å². The molecule has 0 aliphatic carbocycles. The van der Waals surface area contributed by atoms with Crippen molar-refractivity contribution in [3.05, 3.63) is 53.3 Å². The zero-order chi connectivity index (χ0) is 13.0. The Balaban J connectivity index is 2.06. The number of pyridine rings is 1. The highest BCUT2D eigenvalue weighted by Gasteiger charge is 2.00. The Morgan fingerprint density at radius 3 is 2.67 bits per heavy atom. The molecular formula is C15H18N2O. The Kier molecular flexibility index (Phi) is 3.82. The van der Waals surface area contributed by atoms with Crippen molar-refractivity contribution in [1.82, 2.24) is 4.98 Å². The van der Waals surface area contributed by atoms with Gasteiger partial charge in [0, 0.05) is 24.6 Å². The number of methoxy groups -OCH3 is 1. The standard InChI is InChI=1S/C15H18N2O/c1-11-6-13(9-16-8-11)10-17-15-5-4-14(18-3)7-12(15)2/h4-9,17H,10H2,1-3H3. The van der Waals surface area contributed by atoms with Crippen molar-refractivity contribution in [3.8, 4) is 5.75 Å². The molecule has 1 aromatic heterocycles. The highest BCUT2D eigenvalue weighted by atomic mass is 16.5. The topological polar surface area (TPSA) is 34.1 Å². The fourth-order valence-electron chi connectivity index (χ4n) is 1.87. The number of aromatic nitrogens is 1. The summed E-state index contributed by atoms with van der Waals surface area (Å²) in [7, 11) is 1.68. The molecule has 94 valence electrons. The minimum Gasteiger partial charge on any atom is -0.497 e. The van der Waals surface area contributed by atoms with Crippen LogP contribution in [0.15, 0.2) is 36.7 Å². The summed E-state index contributed by atoms with van der Waals surface area (Å²) < 4.78 is 5.19. The summed E-state index contributed by atoms with van der Waals surface area (Å²) in [4.78, 5) is 4.19. The second-order valence-corrected chi connectivity index (χ2v) is 4.40. The van der Waals surface area contributed by atoms with E-state index in [4.69, 9.17) is 4.74 Å². The number of nitrogens with zero attached hydrogens (tertiary/aromatic N) is 1. The lowest BCUT2D eigenvalue weighted by Gasteiger charge is -2.11. The molecular weight excluding hydrogens is 224 g/mol. The van der Waals surface area contributed by atoms with Crippen LogP contribution in [0, 0.1) is 13.8 Å². The first-order valence-electron chi connectivity index (χ1n) is 5.98. The molecule has 0 amide bonds. The van der Waals surface area contributed by atoms with Gasteiger partial charge < -0.3 is 10.1 Å². The predicted octanol–water partition coefficient (Wildman–Crippen LogP) is 3.32. The molecule has 0 atom stereocenters. The monoisotopic (exact) mass is 242 g/mol. The van der Waals surface area contributed by atoms with Gasteiger partial charge in [-0.05, 0) is 48.7 Å². The number of nitrogens with one attached hydrogen (secondary N) is 1. The van der Waals surface area contributed by atoms with Gasteiger partial charge in [0.2, 0.25) is 0 Å². The zero-order valence-corrected chi connectivity index (χ0v) is 11.0. The molecule has 0 bridgehead atoms. The van der Waals surface area contributed by atoms with Crippen molar-refractivity contribution in [2.45, 2.75) is 20.4 Å². The van der Waals surface area contributed by atoms with Crippen LogP contribution < -0.4 is 10.1 Å². The lowest BCUT2D eigenvalue weighted by atomic mass is 10.1. The van der Waals surface area contributed by atoms with Crippen molar-refractivity contribution < 1.29 is 4.74 Å². The highest BCUT2D eigenvalue weighted by Crippen LogP contribution is 2.21. The molecule has 0 radical (unpaired) electrons. The molecule has 0 unspecified atom stereocenters. The van der Waals surface area contributed by atoms with Crippen LogP contribution in [0.25, 0.3) is 0 Å². The first-order valence-corrected chi connectivity index (χ1v) is 5.98. The van der Waals surface area contributed by atoms with E-state index < -0.39 is 0 Å². The third-order valence-electron chi connectivity index (χ3n) is 2.85. The average Bonchev–Trinajstić information content (AvgIpc) is 2.37. The third kappa shape index (κ3) is 3.00. The number of hydrogen-bond acceptors (Lipinski definition) is 3. The van der Waals surface area contributed by atoms with Crippen molar-refractivity contribution in [2.24, 2.45) is 0 Å². The van der Waals surface area contributed by atoms with Gasteiger partial charge in [0.25, 0.3) is 0 Å². The van der Waals surface area contributed by atoms with Crippen LogP contribution in [0.5, 0.6) is 5.75 Å². The maximum Gasteiger partial charge on any atom is 0.119 e. The number of hydrogen-bond donors (Lipinski definition) is 1. The van der Waals surface area contributed by atoms with Crippen LogP contribution in [0.4, 0.5) is 5.69 Å². The Morgan fingerprint density at radius 1 is 1.17 bits per heavy atom. The lowest BCUT2D eigenvalue weighted by Crippen LogP contribution is -2.02. The highest BCUT2D eigenvalue weighted by molar-refractivity contribution is 5.53. The Morgan fingerprint density at radius 2 is 2.00 bits per heavy atom. The summed E-state index contributed by atoms with van der Waals surface area (Å²) in [5.74, 6) is 0.885. The van der Waals surface area contributed by atoms with E-state index in [-0.39, 0.29) is 0 Å². The molecule has 0 aliphatic rings. The van der Waals surface area contributed by atoms with Gasteiger partial charge in [0.15, 0.2) is 0 Å². The zero-order valence-electron chi connectivity index (χ0n) is 11.0. The average molecular weight is 242 g/mol. The molecule has 0 saturated carbocycles. The predicted molar refractivity (Wildman–Crippen MR) is 74.0 cm³/mol. The van der Waals surface area contributed by atoms with Gasteiger partial charge >= 0.3 is 0 Å². The molecule has 2 aromatic rings. The molecule has 0 aliphatic heterocycles. The molecule has 1 N–H and O–H groups in total. The molecule has 2 rings (SSSR count). The largest absolute Gasteiger partial charge is 0.497 e. The van der Waals surface area contributed by atoms with Crippen molar-refractivity contribution >= 4 is 5.69 Å². The Hall–Kier alpha value is -2.03. The van der Waals surface area contributed by atoms with Crippen molar-refractivity contribution in [3.63, 3.8) is 0 Å². The van der Waals surface area contributed by atoms with Crippen molar-refractivity contribution in [1.29, 1.82) is 0 Å². The SMILES string of the molecule is COc1ccc(NCc2cncc(C)c2)c(C)c1. The maximum atomic E-state index is 5.19. The van der Waals surface area contributed by atoms with E-state index >= 15 is 0 Å². The second kappa shape index (κ2) is 5.54. The summed E-state index contributed by atoms with van der Waals surface area (Å²) in [6.45, 7) is 4.90.